The van der Waals surface area contributed by atoms with Crippen LogP contribution in [0.25, 0.3) is 0 Å². The van der Waals surface area contributed by atoms with Crippen molar-refractivity contribution in [3.8, 4) is 0 Å². The van der Waals surface area contributed by atoms with Gasteiger partial charge in [0.1, 0.15) is 11.4 Å². The Hall–Kier alpha value is -3.26. The lowest BCUT2D eigenvalue weighted by molar-refractivity contribution is -0.137. The lowest BCUT2D eigenvalue weighted by Gasteiger charge is -2.29. The van der Waals surface area contributed by atoms with Crippen molar-refractivity contribution in [2.75, 3.05) is 5.75 Å². The van der Waals surface area contributed by atoms with Crippen LogP contribution in [0.1, 0.15) is 32.4 Å². The van der Waals surface area contributed by atoms with Gasteiger partial charge in [-0.05, 0) is 35.4 Å². The predicted octanol–water partition coefficient (Wildman–Crippen LogP) is 5.28. The molecule has 1 N–H and O–H groups in total. The highest BCUT2D eigenvalue weighted by Crippen LogP contribution is 2.43. The van der Waals surface area contributed by atoms with Crippen LogP contribution < -0.4 is 5.32 Å². The van der Waals surface area contributed by atoms with Gasteiger partial charge in [-0.3, -0.25) is 9.59 Å². The topological polar surface area (TPSA) is 49.4 Å². The first-order valence-electron chi connectivity index (χ1n) is 10.3. The maximum absolute atomic E-state index is 13.4. The van der Waals surface area contributed by atoms with E-state index in [9.17, 15) is 22.8 Å². The average molecular weight is 471 g/mol. The van der Waals surface area contributed by atoms with E-state index in [1.54, 1.807) is 30.3 Å². The number of hydrogen-bond acceptors (Lipinski definition) is 3. The lowest BCUT2D eigenvalue weighted by atomic mass is 10.1. The Labute approximate surface area is 193 Å². The first-order valence-corrected chi connectivity index (χ1v) is 11.4. The minimum absolute atomic E-state index is 0.301. The monoisotopic (exact) mass is 470 g/mol. The molecule has 3 aromatic rings. The lowest BCUT2D eigenvalue weighted by Crippen LogP contribution is -2.47. The summed E-state index contributed by atoms with van der Waals surface area (Å²) in [6, 6.07) is 22.0. The second-order valence-electron chi connectivity index (χ2n) is 7.60. The molecule has 0 spiro atoms. The smallest absolute Gasteiger partial charge is 0.350 e. The fourth-order valence-corrected chi connectivity index (χ4v) is 5.11. The molecule has 0 aliphatic carbocycles. The van der Waals surface area contributed by atoms with E-state index in [-0.39, 0.29) is 11.8 Å². The molecule has 170 valence electrons. The molecule has 4 rings (SSSR count). The summed E-state index contributed by atoms with van der Waals surface area (Å²) in [4.78, 5) is 27.9. The molecule has 0 saturated carbocycles. The first-order chi connectivity index (χ1) is 15.8. The molecule has 2 amide bonds. The summed E-state index contributed by atoms with van der Waals surface area (Å²) in [6.45, 7) is 0.319. The van der Waals surface area contributed by atoms with Crippen LogP contribution in [-0.4, -0.2) is 28.5 Å². The number of rotatable bonds is 5. The minimum Gasteiger partial charge on any atom is -0.350 e. The highest BCUT2D eigenvalue weighted by molar-refractivity contribution is 7.99. The van der Waals surface area contributed by atoms with Gasteiger partial charge in [0.15, 0.2) is 0 Å². The third-order valence-corrected chi connectivity index (χ3v) is 6.71. The van der Waals surface area contributed by atoms with E-state index in [4.69, 9.17) is 0 Å². The van der Waals surface area contributed by atoms with Crippen molar-refractivity contribution in [1.82, 2.24) is 10.2 Å². The quantitative estimate of drug-likeness (QED) is 0.552. The van der Waals surface area contributed by atoms with Crippen molar-refractivity contribution in [3.05, 3.63) is 107 Å². The Bertz CT molecular complexity index is 1110. The van der Waals surface area contributed by atoms with Crippen molar-refractivity contribution in [2.24, 2.45) is 0 Å². The highest BCUT2D eigenvalue weighted by atomic mass is 32.2. The molecule has 1 fully saturated rings. The summed E-state index contributed by atoms with van der Waals surface area (Å²) >= 11 is 1.36. The van der Waals surface area contributed by atoms with Gasteiger partial charge in [-0.15, -0.1) is 11.8 Å². The second kappa shape index (κ2) is 9.70. The molecule has 1 saturated heterocycles. The van der Waals surface area contributed by atoms with Gasteiger partial charge < -0.3 is 10.2 Å². The number of nitrogens with one attached hydrogen (secondary N) is 1. The number of benzene rings is 3. The first kappa shape index (κ1) is 22.9. The van der Waals surface area contributed by atoms with E-state index in [0.29, 0.717) is 23.4 Å². The number of nitrogens with zero attached hydrogens (tertiary/aromatic N) is 1. The average Bonchev–Trinajstić information content (AvgIpc) is 3.28. The molecule has 3 aromatic carbocycles. The molecule has 4 nitrogen and oxygen atoms in total. The second-order valence-corrected chi connectivity index (χ2v) is 8.72. The van der Waals surface area contributed by atoms with Crippen molar-refractivity contribution in [3.63, 3.8) is 0 Å². The van der Waals surface area contributed by atoms with Crippen LogP contribution in [-0.2, 0) is 17.5 Å². The van der Waals surface area contributed by atoms with Gasteiger partial charge in [-0.2, -0.15) is 13.2 Å². The van der Waals surface area contributed by atoms with Crippen LogP contribution in [0.15, 0.2) is 84.9 Å². The van der Waals surface area contributed by atoms with Crippen LogP contribution in [0.4, 0.5) is 13.2 Å². The van der Waals surface area contributed by atoms with Crippen LogP contribution in [0.5, 0.6) is 0 Å². The van der Waals surface area contributed by atoms with Crippen LogP contribution in [0.2, 0.25) is 0 Å². The number of thioether (sulfide) groups is 1. The molecule has 2 unspecified atom stereocenters. The number of carbonyl (C=O) groups excluding carboxylic acids is 2. The summed E-state index contributed by atoms with van der Waals surface area (Å²) in [5, 5.41) is 2.31. The molecular formula is C25H21F3N2O2S. The van der Waals surface area contributed by atoms with Gasteiger partial charge >= 0.3 is 6.18 Å². The van der Waals surface area contributed by atoms with Gasteiger partial charge in [-0.1, -0.05) is 60.7 Å². The van der Waals surface area contributed by atoms with Crippen LogP contribution >= 0.6 is 11.8 Å². The molecule has 0 radical (unpaired) electrons. The molecular weight excluding hydrogens is 449 g/mol. The normalized spacial score (nSPS) is 18.2. The van der Waals surface area contributed by atoms with E-state index in [1.807, 2.05) is 30.3 Å². The largest absolute Gasteiger partial charge is 0.416 e. The zero-order valence-electron chi connectivity index (χ0n) is 17.5. The zero-order valence-corrected chi connectivity index (χ0v) is 18.3. The van der Waals surface area contributed by atoms with Gasteiger partial charge in [0.2, 0.25) is 5.91 Å². The third kappa shape index (κ3) is 5.22. The number of carbonyl (C=O) groups is 2. The van der Waals surface area contributed by atoms with Crippen molar-refractivity contribution in [1.29, 1.82) is 0 Å². The zero-order chi connectivity index (χ0) is 23.4. The molecule has 8 heteroatoms. The maximum atomic E-state index is 13.4. The van der Waals surface area contributed by atoms with E-state index in [1.165, 1.54) is 28.8 Å². The molecule has 1 heterocycles. The highest BCUT2D eigenvalue weighted by Gasteiger charge is 2.42. The Morgan fingerprint density at radius 2 is 1.52 bits per heavy atom. The Balaban J connectivity index is 1.60. The fraction of sp³-hybridized carbons (Fsp3) is 0.200. The van der Waals surface area contributed by atoms with Crippen LogP contribution in [0, 0.1) is 0 Å². The Morgan fingerprint density at radius 1 is 0.909 bits per heavy atom. The Kier molecular flexibility index (Phi) is 6.74. The van der Waals surface area contributed by atoms with E-state index in [0.717, 1.165) is 17.7 Å². The predicted molar refractivity (Wildman–Crippen MR) is 121 cm³/mol. The summed E-state index contributed by atoms with van der Waals surface area (Å²) < 4.78 is 39.0. The third-order valence-electron chi connectivity index (χ3n) is 5.39. The number of amides is 2. The van der Waals surface area contributed by atoms with Gasteiger partial charge in [-0.25, -0.2) is 0 Å². The summed E-state index contributed by atoms with van der Waals surface area (Å²) in [5.74, 6) is -0.305. The van der Waals surface area contributed by atoms with Crippen molar-refractivity contribution in [2.45, 2.75) is 24.1 Å². The number of alkyl halides is 3. The SMILES string of the molecule is O=C(NCc1ccccc1)C1CSC(c2ccc(C(F)(F)F)cc2)N1C(=O)c1ccccc1. The van der Waals surface area contributed by atoms with E-state index in [2.05, 4.69) is 5.32 Å². The number of halogens is 3. The summed E-state index contributed by atoms with van der Waals surface area (Å²) in [5.41, 5.74) is 1.12. The standard InChI is InChI=1S/C25H21F3N2O2S/c26-25(27,28)20-13-11-19(12-14-20)24-30(23(32)18-9-5-2-6-10-18)21(16-33-24)22(31)29-15-17-7-3-1-4-8-17/h1-14,21,24H,15-16H2,(H,29,31). The van der Waals surface area contributed by atoms with Crippen LogP contribution in [0.3, 0.4) is 0 Å². The van der Waals surface area contributed by atoms with Crippen molar-refractivity contribution >= 4 is 23.6 Å². The molecule has 0 bridgehead atoms. The molecule has 2 atom stereocenters. The molecule has 1 aliphatic heterocycles. The van der Waals surface area contributed by atoms with Crippen molar-refractivity contribution < 1.29 is 22.8 Å². The summed E-state index contributed by atoms with van der Waals surface area (Å²) in [6.07, 6.45) is -4.44. The van der Waals surface area contributed by atoms with Gasteiger partial charge in [0.05, 0.1) is 5.56 Å². The van der Waals surface area contributed by atoms with Gasteiger partial charge in [0, 0.05) is 17.9 Å². The number of hydrogen-bond donors (Lipinski definition) is 1. The maximum Gasteiger partial charge on any atom is 0.416 e. The van der Waals surface area contributed by atoms with E-state index < -0.39 is 23.2 Å². The minimum atomic E-state index is -4.44. The molecule has 33 heavy (non-hydrogen) atoms. The fourth-order valence-electron chi connectivity index (χ4n) is 3.68. The molecule has 0 aromatic heterocycles. The molecule has 1 aliphatic rings. The Morgan fingerprint density at radius 3 is 2.12 bits per heavy atom. The summed E-state index contributed by atoms with van der Waals surface area (Å²) in [7, 11) is 0. The van der Waals surface area contributed by atoms with Gasteiger partial charge in [0.25, 0.3) is 5.91 Å². The van der Waals surface area contributed by atoms with E-state index >= 15 is 0 Å².